The Kier molecular flexibility index (Phi) is 4.87. The molecule has 0 aliphatic carbocycles. The highest BCUT2D eigenvalue weighted by atomic mass is 32.2. The molecule has 112 valence electrons. The van der Waals surface area contributed by atoms with E-state index < -0.39 is 0 Å². The summed E-state index contributed by atoms with van der Waals surface area (Å²) in [5, 5.41) is 5.93. The van der Waals surface area contributed by atoms with Gasteiger partial charge >= 0.3 is 0 Å². The molecule has 3 rings (SSSR count). The normalized spacial score (nSPS) is 14.6. The lowest BCUT2D eigenvalue weighted by Gasteiger charge is -2.16. The molecule has 0 amide bonds. The van der Waals surface area contributed by atoms with Crippen molar-refractivity contribution in [3.8, 4) is 0 Å². The maximum absolute atomic E-state index is 4.59. The third-order valence-electron chi connectivity index (χ3n) is 3.11. The Balaban J connectivity index is 1.84. The van der Waals surface area contributed by atoms with Crippen LogP contribution in [0.3, 0.4) is 0 Å². The van der Waals surface area contributed by atoms with Gasteiger partial charge in [-0.05, 0) is 31.0 Å². The van der Waals surface area contributed by atoms with E-state index in [9.17, 15) is 0 Å². The van der Waals surface area contributed by atoms with Crippen LogP contribution in [0.5, 0.6) is 0 Å². The van der Waals surface area contributed by atoms with Gasteiger partial charge in [-0.2, -0.15) is 15.0 Å². The minimum Gasteiger partial charge on any atom is -0.354 e. The van der Waals surface area contributed by atoms with Crippen LogP contribution in [-0.4, -0.2) is 39.6 Å². The topological polar surface area (TPSA) is 66.8 Å². The first-order chi connectivity index (χ1) is 10.3. The molecule has 0 atom stereocenters. The third-order valence-corrected chi connectivity index (χ3v) is 4.86. The zero-order valence-electron chi connectivity index (χ0n) is 11.9. The van der Waals surface area contributed by atoms with Gasteiger partial charge in [-0.15, -0.1) is 11.3 Å². The molecule has 1 fully saturated rings. The molecule has 1 saturated heterocycles. The fourth-order valence-electron chi connectivity index (χ4n) is 2.10. The van der Waals surface area contributed by atoms with Crippen LogP contribution in [0.2, 0.25) is 0 Å². The summed E-state index contributed by atoms with van der Waals surface area (Å²) in [6.07, 6.45) is 5.25. The minimum atomic E-state index is 0.660. The standard InChI is InChI=1S/C13H18N6S2/c1-2-5-14-10-16-11(19-7-3-4-8-19)18-12(17-10)21-13-15-6-9-20-13/h6,9H,2-5,7-8H2,1H3,(H,14,16,17,18). The van der Waals surface area contributed by atoms with Crippen LogP contribution in [0.25, 0.3) is 0 Å². The first-order valence-electron chi connectivity index (χ1n) is 7.17. The zero-order chi connectivity index (χ0) is 14.5. The number of nitrogens with zero attached hydrogens (tertiary/aromatic N) is 5. The van der Waals surface area contributed by atoms with Crippen LogP contribution in [-0.2, 0) is 0 Å². The predicted octanol–water partition coefficient (Wildman–Crippen LogP) is 2.90. The van der Waals surface area contributed by atoms with Gasteiger partial charge in [0.05, 0.1) is 0 Å². The first-order valence-corrected chi connectivity index (χ1v) is 8.87. The quantitative estimate of drug-likeness (QED) is 0.877. The second-order valence-corrected chi connectivity index (χ2v) is 6.87. The lowest BCUT2D eigenvalue weighted by molar-refractivity contribution is 0.820. The van der Waals surface area contributed by atoms with Crippen LogP contribution in [0.4, 0.5) is 11.9 Å². The van der Waals surface area contributed by atoms with Gasteiger partial charge in [0, 0.05) is 31.2 Å². The summed E-state index contributed by atoms with van der Waals surface area (Å²) in [6, 6.07) is 0. The van der Waals surface area contributed by atoms with Crippen LogP contribution < -0.4 is 10.2 Å². The minimum absolute atomic E-state index is 0.660. The summed E-state index contributed by atoms with van der Waals surface area (Å²) in [5.41, 5.74) is 0. The van der Waals surface area contributed by atoms with E-state index in [1.54, 1.807) is 17.5 Å². The number of hydrogen-bond donors (Lipinski definition) is 1. The molecular weight excluding hydrogens is 304 g/mol. The number of nitrogens with one attached hydrogen (secondary N) is 1. The lowest BCUT2D eigenvalue weighted by Crippen LogP contribution is -2.22. The van der Waals surface area contributed by atoms with Crippen molar-refractivity contribution >= 4 is 35.0 Å². The number of hydrogen-bond acceptors (Lipinski definition) is 8. The largest absolute Gasteiger partial charge is 0.354 e. The smallest absolute Gasteiger partial charge is 0.231 e. The van der Waals surface area contributed by atoms with Crippen molar-refractivity contribution in [2.45, 2.75) is 35.7 Å². The molecule has 8 heteroatoms. The molecule has 0 unspecified atom stereocenters. The molecule has 1 aliphatic rings. The summed E-state index contributed by atoms with van der Waals surface area (Å²) >= 11 is 3.09. The van der Waals surface area contributed by atoms with Gasteiger partial charge in [-0.3, -0.25) is 0 Å². The molecule has 0 aromatic carbocycles. The second kappa shape index (κ2) is 7.04. The van der Waals surface area contributed by atoms with Gasteiger partial charge < -0.3 is 10.2 Å². The summed E-state index contributed by atoms with van der Waals surface area (Å²) in [7, 11) is 0. The van der Waals surface area contributed by atoms with Crippen molar-refractivity contribution < 1.29 is 0 Å². The summed E-state index contributed by atoms with van der Waals surface area (Å²) in [6.45, 7) is 5.04. The van der Waals surface area contributed by atoms with E-state index in [1.165, 1.54) is 24.6 Å². The Hall–Kier alpha value is -1.41. The SMILES string of the molecule is CCCNc1nc(Sc2nccs2)nc(N2CCCC2)n1. The number of anilines is 2. The average molecular weight is 322 g/mol. The van der Waals surface area contributed by atoms with Crippen molar-refractivity contribution in [3.05, 3.63) is 11.6 Å². The molecule has 0 bridgehead atoms. The van der Waals surface area contributed by atoms with Gasteiger partial charge in [0.15, 0.2) is 4.34 Å². The molecule has 1 aliphatic heterocycles. The molecule has 2 aromatic heterocycles. The predicted molar refractivity (Wildman–Crippen MR) is 86.3 cm³/mol. The molecule has 0 radical (unpaired) electrons. The van der Waals surface area contributed by atoms with E-state index >= 15 is 0 Å². The molecular formula is C13H18N6S2. The summed E-state index contributed by atoms with van der Waals surface area (Å²) in [5.74, 6) is 1.44. The van der Waals surface area contributed by atoms with Crippen LogP contribution in [0.15, 0.2) is 21.1 Å². The van der Waals surface area contributed by atoms with Crippen molar-refractivity contribution in [2.75, 3.05) is 29.9 Å². The Labute approximate surface area is 132 Å². The van der Waals surface area contributed by atoms with Crippen LogP contribution in [0.1, 0.15) is 26.2 Å². The molecule has 1 N–H and O–H groups in total. The zero-order valence-corrected chi connectivity index (χ0v) is 13.6. The van der Waals surface area contributed by atoms with Gasteiger partial charge in [-0.1, -0.05) is 6.92 Å². The molecule has 3 heterocycles. The van der Waals surface area contributed by atoms with E-state index in [4.69, 9.17) is 0 Å². The van der Waals surface area contributed by atoms with Crippen molar-refractivity contribution in [1.29, 1.82) is 0 Å². The fraction of sp³-hybridized carbons (Fsp3) is 0.538. The number of rotatable bonds is 6. The van der Waals surface area contributed by atoms with Crippen LogP contribution in [0, 0.1) is 0 Å². The molecule has 0 saturated carbocycles. The molecule has 2 aromatic rings. The van der Waals surface area contributed by atoms with E-state index in [-0.39, 0.29) is 0 Å². The Morgan fingerprint density at radius 3 is 2.86 bits per heavy atom. The van der Waals surface area contributed by atoms with Gasteiger partial charge in [-0.25, -0.2) is 4.98 Å². The maximum Gasteiger partial charge on any atom is 0.231 e. The fourth-order valence-corrected chi connectivity index (χ4v) is 3.58. The number of thiazole rings is 1. The van der Waals surface area contributed by atoms with Gasteiger partial charge in [0.25, 0.3) is 0 Å². The average Bonchev–Trinajstić information content (AvgIpc) is 3.18. The molecule has 21 heavy (non-hydrogen) atoms. The Morgan fingerprint density at radius 1 is 1.29 bits per heavy atom. The lowest BCUT2D eigenvalue weighted by atomic mass is 10.4. The van der Waals surface area contributed by atoms with Gasteiger partial charge in [0.2, 0.25) is 17.1 Å². The first kappa shape index (κ1) is 14.5. The van der Waals surface area contributed by atoms with Crippen molar-refractivity contribution in [2.24, 2.45) is 0 Å². The van der Waals surface area contributed by atoms with E-state index in [0.717, 1.165) is 36.3 Å². The highest BCUT2D eigenvalue weighted by molar-refractivity contribution is 8.00. The summed E-state index contributed by atoms with van der Waals surface area (Å²) < 4.78 is 0.954. The Morgan fingerprint density at radius 2 is 2.14 bits per heavy atom. The van der Waals surface area contributed by atoms with E-state index in [1.807, 2.05) is 5.38 Å². The van der Waals surface area contributed by atoms with Crippen LogP contribution >= 0.6 is 23.1 Å². The highest BCUT2D eigenvalue weighted by Crippen LogP contribution is 2.28. The third kappa shape index (κ3) is 3.82. The number of aromatic nitrogens is 4. The van der Waals surface area contributed by atoms with Crippen molar-refractivity contribution in [3.63, 3.8) is 0 Å². The van der Waals surface area contributed by atoms with E-state index in [0.29, 0.717) is 11.1 Å². The molecule has 0 spiro atoms. The summed E-state index contributed by atoms with van der Waals surface area (Å²) in [4.78, 5) is 20.1. The second-order valence-electron chi connectivity index (χ2n) is 4.76. The Bertz CT molecular complexity index is 568. The highest BCUT2D eigenvalue weighted by Gasteiger charge is 2.18. The molecule has 6 nitrogen and oxygen atoms in total. The maximum atomic E-state index is 4.59. The van der Waals surface area contributed by atoms with E-state index in [2.05, 4.69) is 37.1 Å². The van der Waals surface area contributed by atoms with Crippen molar-refractivity contribution in [1.82, 2.24) is 19.9 Å². The monoisotopic (exact) mass is 322 g/mol. The van der Waals surface area contributed by atoms with Gasteiger partial charge in [0.1, 0.15) is 0 Å².